The number of nitrogens with zero attached hydrogens (tertiary/aromatic N) is 4. The van der Waals surface area contributed by atoms with Crippen LogP contribution >= 0.6 is 0 Å². The number of amides is 1. The molecular formula is C19H30N4O. The monoisotopic (exact) mass is 330 g/mol. The van der Waals surface area contributed by atoms with E-state index in [0.29, 0.717) is 11.7 Å². The average molecular weight is 330 g/mol. The maximum atomic E-state index is 12.7. The molecule has 0 spiro atoms. The molecule has 24 heavy (non-hydrogen) atoms. The number of likely N-dealkylation sites (tertiary alicyclic amines) is 1. The highest BCUT2D eigenvalue weighted by Gasteiger charge is 2.30. The summed E-state index contributed by atoms with van der Waals surface area (Å²) in [5.74, 6) is 2.08. The lowest BCUT2D eigenvalue weighted by Crippen LogP contribution is -2.39. The van der Waals surface area contributed by atoms with Crippen molar-refractivity contribution in [1.82, 2.24) is 19.4 Å². The molecule has 0 N–H and O–H groups in total. The smallest absolute Gasteiger partial charge is 0.274 e. The molecule has 0 bridgehead atoms. The van der Waals surface area contributed by atoms with Crippen LogP contribution in [0.25, 0.3) is 0 Å². The summed E-state index contributed by atoms with van der Waals surface area (Å²) < 4.78 is 2.22. The van der Waals surface area contributed by atoms with Gasteiger partial charge in [0.25, 0.3) is 5.91 Å². The lowest BCUT2D eigenvalue weighted by Gasteiger charge is -2.35. The van der Waals surface area contributed by atoms with Crippen molar-refractivity contribution in [3.63, 3.8) is 0 Å². The van der Waals surface area contributed by atoms with Crippen LogP contribution in [0.3, 0.4) is 0 Å². The van der Waals surface area contributed by atoms with Crippen LogP contribution in [-0.2, 0) is 6.54 Å². The summed E-state index contributed by atoms with van der Waals surface area (Å²) in [6, 6.07) is 0.322. The van der Waals surface area contributed by atoms with Crippen molar-refractivity contribution in [2.45, 2.75) is 64.5 Å². The molecule has 5 heteroatoms. The SMILES string of the molecule is C[C@@H]1c2nc(C(=O)N3CCCCC3)cn2CCN1CC1CCCC1. The van der Waals surface area contributed by atoms with Gasteiger partial charge in [0.1, 0.15) is 11.5 Å². The molecule has 2 fully saturated rings. The van der Waals surface area contributed by atoms with Crippen LogP contribution in [0.1, 0.15) is 74.2 Å². The van der Waals surface area contributed by atoms with Gasteiger partial charge in [0, 0.05) is 38.9 Å². The fraction of sp³-hybridized carbons (Fsp3) is 0.789. The van der Waals surface area contributed by atoms with E-state index in [1.165, 1.54) is 38.6 Å². The van der Waals surface area contributed by atoms with Crippen molar-refractivity contribution in [2.75, 3.05) is 26.2 Å². The highest BCUT2D eigenvalue weighted by molar-refractivity contribution is 5.92. The van der Waals surface area contributed by atoms with Crippen LogP contribution < -0.4 is 0 Å². The van der Waals surface area contributed by atoms with E-state index < -0.39 is 0 Å². The van der Waals surface area contributed by atoms with E-state index in [0.717, 1.165) is 50.8 Å². The molecule has 1 amide bonds. The predicted octanol–water partition coefficient (Wildman–Crippen LogP) is 3.08. The Balaban J connectivity index is 1.47. The van der Waals surface area contributed by atoms with Crippen molar-refractivity contribution < 1.29 is 4.79 Å². The number of carbonyl (C=O) groups is 1. The number of aromatic nitrogens is 2. The first-order chi connectivity index (χ1) is 11.7. The molecule has 2 aliphatic heterocycles. The number of imidazole rings is 1. The Hall–Kier alpha value is -1.36. The predicted molar refractivity (Wildman–Crippen MR) is 93.9 cm³/mol. The number of piperidine rings is 1. The minimum atomic E-state index is 0.131. The lowest BCUT2D eigenvalue weighted by molar-refractivity contribution is 0.0718. The molecule has 5 nitrogen and oxygen atoms in total. The second-order valence-electron chi connectivity index (χ2n) is 7.85. The summed E-state index contributed by atoms with van der Waals surface area (Å²) in [6.07, 6.45) is 11.1. The molecule has 0 radical (unpaired) electrons. The van der Waals surface area contributed by atoms with Crippen molar-refractivity contribution in [2.24, 2.45) is 5.92 Å². The van der Waals surface area contributed by atoms with Gasteiger partial charge in [0.2, 0.25) is 0 Å². The molecular weight excluding hydrogens is 300 g/mol. The summed E-state index contributed by atoms with van der Waals surface area (Å²) in [5, 5.41) is 0. The first kappa shape index (κ1) is 16.1. The number of fused-ring (bicyclic) bond motifs is 1. The summed E-state index contributed by atoms with van der Waals surface area (Å²) >= 11 is 0. The topological polar surface area (TPSA) is 41.4 Å². The number of hydrogen-bond donors (Lipinski definition) is 0. The normalized spacial score (nSPS) is 25.9. The van der Waals surface area contributed by atoms with Crippen LogP contribution in [0, 0.1) is 5.92 Å². The van der Waals surface area contributed by atoms with Gasteiger partial charge in [0.05, 0.1) is 6.04 Å². The van der Waals surface area contributed by atoms with E-state index in [-0.39, 0.29) is 5.91 Å². The molecule has 0 unspecified atom stereocenters. The van der Waals surface area contributed by atoms with Crippen LogP contribution in [0.15, 0.2) is 6.20 Å². The molecule has 4 rings (SSSR count). The Labute approximate surface area is 145 Å². The van der Waals surface area contributed by atoms with Crippen molar-refractivity contribution in [3.05, 3.63) is 17.7 Å². The number of hydrogen-bond acceptors (Lipinski definition) is 3. The van der Waals surface area contributed by atoms with Gasteiger partial charge in [-0.05, 0) is 44.9 Å². The molecule has 1 aromatic rings. The summed E-state index contributed by atoms with van der Waals surface area (Å²) in [7, 11) is 0. The second-order valence-corrected chi connectivity index (χ2v) is 7.85. The van der Waals surface area contributed by atoms with E-state index in [9.17, 15) is 4.79 Å². The molecule has 1 atom stereocenters. The molecule has 1 aliphatic carbocycles. The van der Waals surface area contributed by atoms with Gasteiger partial charge in [0.15, 0.2) is 0 Å². The fourth-order valence-electron chi connectivity index (χ4n) is 4.67. The summed E-state index contributed by atoms with van der Waals surface area (Å²) in [4.78, 5) is 22.0. The molecule has 3 heterocycles. The third kappa shape index (κ3) is 3.10. The first-order valence-electron chi connectivity index (χ1n) is 9.83. The van der Waals surface area contributed by atoms with Gasteiger partial charge in [-0.3, -0.25) is 9.69 Å². The third-order valence-electron chi connectivity index (χ3n) is 6.19. The quantitative estimate of drug-likeness (QED) is 0.855. The van der Waals surface area contributed by atoms with Gasteiger partial charge < -0.3 is 9.47 Å². The Morgan fingerprint density at radius 3 is 2.58 bits per heavy atom. The summed E-state index contributed by atoms with van der Waals surface area (Å²) in [6.45, 7) is 7.28. The number of rotatable bonds is 3. The van der Waals surface area contributed by atoms with E-state index in [1.807, 2.05) is 11.1 Å². The molecule has 1 saturated carbocycles. The highest BCUT2D eigenvalue weighted by atomic mass is 16.2. The molecule has 132 valence electrons. The molecule has 1 aromatic heterocycles. The number of carbonyl (C=O) groups excluding carboxylic acids is 1. The zero-order valence-electron chi connectivity index (χ0n) is 14.9. The van der Waals surface area contributed by atoms with Crippen LogP contribution in [0.5, 0.6) is 0 Å². The Kier molecular flexibility index (Phi) is 4.61. The van der Waals surface area contributed by atoms with Gasteiger partial charge in [-0.2, -0.15) is 0 Å². The Morgan fingerprint density at radius 2 is 1.83 bits per heavy atom. The van der Waals surface area contributed by atoms with Crippen LogP contribution in [-0.4, -0.2) is 51.4 Å². The first-order valence-corrected chi connectivity index (χ1v) is 9.83. The van der Waals surface area contributed by atoms with Gasteiger partial charge in [-0.1, -0.05) is 12.8 Å². The molecule has 1 saturated heterocycles. The fourth-order valence-corrected chi connectivity index (χ4v) is 4.67. The van der Waals surface area contributed by atoms with E-state index in [1.54, 1.807) is 0 Å². The molecule has 0 aromatic carbocycles. The standard InChI is InChI=1S/C19H30N4O/c1-15-18-20-17(19(24)21-9-5-2-6-10-21)14-23(18)12-11-22(15)13-16-7-3-4-8-16/h14-16H,2-13H2,1H3/t15-/m1/s1. The third-order valence-corrected chi connectivity index (χ3v) is 6.19. The maximum absolute atomic E-state index is 12.7. The minimum Gasteiger partial charge on any atom is -0.337 e. The maximum Gasteiger partial charge on any atom is 0.274 e. The minimum absolute atomic E-state index is 0.131. The van der Waals surface area contributed by atoms with Gasteiger partial charge >= 0.3 is 0 Å². The van der Waals surface area contributed by atoms with Crippen molar-refractivity contribution >= 4 is 5.91 Å². The molecule has 3 aliphatic rings. The average Bonchev–Trinajstić information content (AvgIpc) is 3.27. The van der Waals surface area contributed by atoms with Gasteiger partial charge in [-0.15, -0.1) is 0 Å². The van der Waals surface area contributed by atoms with E-state index in [4.69, 9.17) is 4.98 Å². The van der Waals surface area contributed by atoms with Gasteiger partial charge in [-0.25, -0.2) is 4.98 Å². The Bertz CT molecular complexity index is 584. The van der Waals surface area contributed by atoms with Crippen LogP contribution in [0.4, 0.5) is 0 Å². The largest absolute Gasteiger partial charge is 0.337 e. The zero-order chi connectivity index (χ0) is 16.5. The van der Waals surface area contributed by atoms with Crippen molar-refractivity contribution in [1.29, 1.82) is 0 Å². The Morgan fingerprint density at radius 1 is 1.08 bits per heavy atom. The highest BCUT2D eigenvalue weighted by Crippen LogP contribution is 2.31. The van der Waals surface area contributed by atoms with Crippen molar-refractivity contribution in [3.8, 4) is 0 Å². The van der Waals surface area contributed by atoms with E-state index in [2.05, 4.69) is 16.4 Å². The zero-order valence-corrected chi connectivity index (χ0v) is 14.9. The second kappa shape index (κ2) is 6.87. The lowest BCUT2D eigenvalue weighted by atomic mass is 10.1. The van der Waals surface area contributed by atoms with Crippen LogP contribution in [0.2, 0.25) is 0 Å². The summed E-state index contributed by atoms with van der Waals surface area (Å²) in [5.41, 5.74) is 0.654. The van der Waals surface area contributed by atoms with E-state index >= 15 is 0 Å².